The van der Waals surface area contributed by atoms with Crippen LogP contribution in [0.2, 0.25) is 0 Å². The molecule has 7 N–H and O–H groups in total. The predicted molar refractivity (Wildman–Crippen MR) is 57.1 cm³/mol. The van der Waals surface area contributed by atoms with E-state index in [1.54, 1.807) is 11.8 Å². The molecular weight excluding hydrogens is 214 g/mol. The summed E-state index contributed by atoms with van der Waals surface area (Å²) in [6.45, 7) is 2.19. The quantitative estimate of drug-likeness (QED) is 0.141. The van der Waals surface area contributed by atoms with E-state index in [0.717, 1.165) is 0 Å². The van der Waals surface area contributed by atoms with Crippen LogP contribution in [0.5, 0.6) is 0 Å². The van der Waals surface area contributed by atoms with Crippen LogP contribution in [0.1, 0.15) is 19.8 Å². The van der Waals surface area contributed by atoms with Gasteiger partial charge < -0.3 is 5.11 Å². The minimum Gasteiger partial charge on any atom is -0.379 e. The molecule has 0 aromatic heterocycles. The number of nitrogens with zero attached hydrogens (tertiary/aromatic N) is 1. The van der Waals surface area contributed by atoms with Crippen molar-refractivity contribution >= 4 is 11.8 Å². The Morgan fingerprint density at radius 1 is 1.19 bits per heavy atom. The summed E-state index contributed by atoms with van der Waals surface area (Å²) in [4.78, 5) is 23.4. The fraction of sp³-hybridized carbons (Fsp3) is 0.750. The average molecular weight is 233 g/mol. The molecule has 0 aliphatic heterocycles. The lowest BCUT2D eigenvalue weighted by Crippen LogP contribution is -2.40. The second kappa shape index (κ2) is 7.99. The highest BCUT2D eigenvalue weighted by Crippen LogP contribution is 1.99. The van der Waals surface area contributed by atoms with Crippen molar-refractivity contribution in [2.75, 3.05) is 13.1 Å². The van der Waals surface area contributed by atoms with Gasteiger partial charge >= 0.3 is 0 Å². The van der Waals surface area contributed by atoms with Gasteiger partial charge in [0.2, 0.25) is 11.8 Å². The molecule has 94 valence electrons. The molecule has 8 heteroatoms. The van der Waals surface area contributed by atoms with Crippen LogP contribution in [-0.4, -0.2) is 41.1 Å². The van der Waals surface area contributed by atoms with Crippen LogP contribution >= 0.6 is 0 Å². The topological polar surface area (TPSA) is 134 Å². The van der Waals surface area contributed by atoms with Gasteiger partial charge in [0, 0.05) is 25.9 Å². The molecule has 0 rings (SSSR count). The second-order valence-corrected chi connectivity index (χ2v) is 3.30. The molecule has 0 aliphatic carbocycles. The number of carbonyl (C=O) groups excluding carboxylic acids is 2. The van der Waals surface area contributed by atoms with Gasteiger partial charge in [-0.2, -0.15) is 0 Å². The van der Waals surface area contributed by atoms with Crippen LogP contribution in [0.25, 0.3) is 0 Å². The number of hydrogen-bond acceptors (Lipinski definition) is 6. The van der Waals surface area contributed by atoms with E-state index in [1.165, 1.54) is 0 Å². The summed E-state index contributed by atoms with van der Waals surface area (Å²) in [5, 5.41) is 9.38. The number of hydrazine groups is 2. The molecule has 2 amide bonds. The minimum absolute atomic E-state index is 0.158. The first-order valence-corrected chi connectivity index (χ1v) is 4.92. The normalized spacial score (nSPS) is 12.3. The largest absolute Gasteiger partial charge is 0.379 e. The van der Waals surface area contributed by atoms with E-state index in [0.29, 0.717) is 13.1 Å². The Morgan fingerprint density at radius 3 is 1.81 bits per heavy atom. The highest BCUT2D eigenvalue weighted by molar-refractivity contribution is 5.75. The van der Waals surface area contributed by atoms with E-state index < -0.39 is 6.23 Å². The maximum Gasteiger partial charge on any atom is 0.235 e. The first kappa shape index (κ1) is 14.8. The van der Waals surface area contributed by atoms with Crippen LogP contribution in [0.4, 0.5) is 0 Å². The molecule has 0 bridgehead atoms. The van der Waals surface area contributed by atoms with Crippen molar-refractivity contribution in [2.24, 2.45) is 11.7 Å². The van der Waals surface area contributed by atoms with E-state index >= 15 is 0 Å². The van der Waals surface area contributed by atoms with Crippen molar-refractivity contribution in [1.82, 2.24) is 15.8 Å². The van der Waals surface area contributed by atoms with E-state index in [1.807, 2.05) is 10.9 Å². The van der Waals surface area contributed by atoms with E-state index in [2.05, 4.69) is 0 Å². The van der Waals surface area contributed by atoms with Crippen molar-refractivity contribution in [3.8, 4) is 0 Å². The van der Waals surface area contributed by atoms with E-state index in [9.17, 15) is 14.7 Å². The lowest BCUT2D eigenvalue weighted by atomic mass is 10.3. The van der Waals surface area contributed by atoms with Gasteiger partial charge in [-0.25, -0.2) is 11.7 Å². The van der Waals surface area contributed by atoms with Crippen LogP contribution in [0, 0.1) is 0 Å². The molecular formula is C8H19N5O3. The SMILES string of the molecule is CC(O)N(CCC(=O)NN)CCC(=O)NN. The third-order valence-electron chi connectivity index (χ3n) is 2.10. The second-order valence-electron chi connectivity index (χ2n) is 3.30. The third kappa shape index (κ3) is 6.30. The Hall–Kier alpha value is -1.22. The molecule has 0 heterocycles. The van der Waals surface area contributed by atoms with Gasteiger partial charge in [-0.05, 0) is 6.92 Å². The molecule has 1 unspecified atom stereocenters. The number of aliphatic hydroxyl groups is 1. The zero-order chi connectivity index (χ0) is 12.6. The maximum absolute atomic E-state index is 10.9. The fourth-order valence-corrected chi connectivity index (χ4v) is 1.12. The number of hydrogen-bond donors (Lipinski definition) is 5. The van der Waals surface area contributed by atoms with Gasteiger partial charge in [0.1, 0.15) is 6.23 Å². The Kier molecular flexibility index (Phi) is 7.38. The molecule has 0 saturated carbocycles. The van der Waals surface area contributed by atoms with E-state index in [-0.39, 0.29) is 24.7 Å². The summed E-state index contributed by atoms with van der Waals surface area (Å²) in [6.07, 6.45) is -0.423. The maximum atomic E-state index is 10.9. The van der Waals surface area contributed by atoms with Gasteiger partial charge in [-0.1, -0.05) is 0 Å². The highest BCUT2D eigenvalue weighted by atomic mass is 16.3. The molecule has 0 aromatic carbocycles. The molecule has 0 aromatic rings. The van der Waals surface area contributed by atoms with Crippen LogP contribution < -0.4 is 22.5 Å². The van der Waals surface area contributed by atoms with Crippen molar-refractivity contribution in [2.45, 2.75) is 26.0 Å². The first-order valence-electron chi connectivity index (χ1n) is 4.92. The lowest BCUT2D eigenvalue weighted by Gasteiger charge is -2.24. The summed E-state index contributed by atoms with van der Waals surface area (Å²) >= 11 is 0. The van der Waals surface area contributed by atoms with Gasteiger partial charge in [-0.3, -0.25) is 25.3 Å². The number of aliphatic hydroxyl groups excluding tert-OH is 1. The Bertz CT molecular complexity index is 214. The number of nitrogens with one attached hydrogen (secondary N) is 2. The number of rotatable bonds is 7. The Morgan fingerprint density at radius 2 is 1.56 bits per heavy atom. The third-order valence-corrected chi connectivity index (χ3v) is 2.10. The molecule has 1 atom stereocenters. The molecule has 0 radical (unpaired) electrons. The van der Waals surface area contributed by atoms with Crippen LogP contribution in [-0.2, 0) is 9.59 Å². The van der Waals surface area contributed by atoms with Crippen molar-refractivity contribution < 1.29 is 14.7 Å². The fourth-order valence-electron chi connectivity index (χ4n) is 1.12. The first-order chi connectivity index (χ1) is 7.51. The molecule has 0 spiro atoms. The van der Waals surface area contributed by atoms with Crippen LogP contribution in [0.3, 0.4) is 0 Å². The molecule has 0 fully saturated rings. The molecule has 16 heavy (non-hydrogen) atoms. The zero-order valence-electron chi connectivity index (χ0n) is 9.27. The van der Waals surface area contributed by atoms with Crippen molar-refractivity contribution in [1.29, 1.82) is 0 Å². The number of carbonyl (C=O) groups is 2. The summed E-state index contributed by atoms with van der Waals surface area (Å²) in [7, 11) is 0. The van der Waals surface area contributed by atoms with Gasteiger partial charge in [0.25, 0.3) is 0 Å². The van der Waals surface area contributed by atoms with Gasteiger partial charge in [0.05, 0.1) is 0 Å². The van der Waals surface area contributed by atoms with E-state index in [4.69, 9.17) is 11.7 Å². The molecule has 8 nitrogen and oxygen atoms in total. The average Bonchev–Trinajstić information content (AvgIpc) is 2.27. The lowest BCUT2D eigenvalue weighted by molar-refractivity contribution is -0.122. The standard InChI is InChI=1S/C8H19N5O3/c1-6(14)13(4-2-7(15)11-9)5-3-8(16)12-10/h6,14H,2-5,9-10H2,1H3,(H,11,15)(H,12,16). The summed E-state index contributed by atoms with van der Waals surface area (Å²) in [5.74, 6) is 9.18. The van der Waals surface area contributed by atoms with Crippen LogP contribution in [0.15, 0.2) is 0 Å². The zero-order valence-corrected chi connectivity index (χ0v) is 9.27. The van der Waals surface area contributed by atoms with Crippen molar-refractivity contribution in [3.05, 3.63) is 0 Å². The monoisotopic (exact) mass is 233 g/mol. The van der Waals surface area contributed by atoms with Gasteiger partial charge in [-0.15, -0.1) is 0 Å². The summed E-state index contributed by atoms with van der Waals surface area (Å²) < 4.78 is 0. The molecule has 0 saturated heterocycles. The summed E-state index contributed by atoms with van der Waals surface area (Å²) in [6, 6.07) is 0. The van der Waals surface area contributed by atoms with Gasteiger partial charge in [0.15, 0.2) is 0 Å². The summed E-state index contributed by atoms with van der Waals surface area (Å²) in [5.41, 5.74) is 3.98. The Balaban J connectivity index is 3.98. The number of amides is 2. The Labute approximate surface area is 93.9 Å². The van der Waals surface area contributed by atoms with Crippen molar-refractivity contribution in [3.63, 3.8) is 0 Å². The molecule has 0 aliphatic rings. The number of nitrogens with two attached hydrogens (primary N) is 2. The highest BCUT2D eigenvalue weighted by Gasteiger charge is 2.13. The minimum atomic E-state index is -0.740. The smallest absolute Gasteiger partial charge is 0.235 e. The predicted octanol–water partition coefficient (Wildman–Crippen LogP) is -2.61.